The molecule has 0 aliphatic carbocycles. The Morgan fingerprint density at radius 2 is 2.10 bits per heavy atom. The summed E-state index contributed by atoms with van der Waals surface area (Å²) in [5.74, 6) is 0.369. The number of piperidine rings is 1. The van der Waals surface area contributed by atoms with E-state index in [4.69, 9.17) is 10.9 Å². The normalized spacial score (nSPS) is 20.2. The summed E-state index contributed by atoms with van der Waals surface area (Å²) in [6.07, 6.45) is 5.04. The molecule has 1 aromatic rings. The number of amidine groups is 1. The average molecular weight is 313 g/mol. The smallest absolute Gasteiger partial charge is 0.155 e. The van der Waals surface area contributed by atoms with Gasteiger partial charge in [-0.3, -0.25) is 4.90 Å². The molecule has 0 unspecified atom stereocenters. The van der Waals surface area contributed by atoms with Crippen molar-refractivity contribution in [3.63, 3.8) is 0 Å². The van der Waals surface area contributed by atoms with Crippen molar-refractivity contribution in [3.8, 4) is 0 Å². The van der Waals surface area contributed by atoms with E-state index >= 15 is 0 Å². The van der Waals surface area contributed by atoms with E-state index in [-0.39, 0.29) is 4.75 Å². The fraction of sp³-hybridized carbons (Fsp3) is 0.643. The first kappa shape index (κ1) is 15.7. The fourth-order valence-electron chi connectivity index (χ4n) is 2.65. The minimum Gasteiger partial charge on any atom is -0.409 e. The van der Waals surface area contributed by atoms with E-state index in [2.05, 4.69) is 29.1 Å². The van der Waals surface area contributed by atoms with Crippen LogP contribution in [-0.2, 0) is 13.0 Å². The Balaban J connectivity index is 1.93. The highest BCUT2D eigenvalue weighted by Crippen LogP contribution is 2.35. The van der Waals surface area contributed by atoms with Crippen LogP contribution in [0.3, 0.4) is 0 Å². The number of rotatable bonds is 5. The molecule has 1 aliphatic heterocycles. The highest BCUT2D eigenvalue weighted by atomic mass is 32.2. The third kappa shape index (κ3) is 3.30. The van der Waals surface area contributed by atoms with Crippen molar-refractivity contribution in [2.75, 3.05) is 19.3 Å². The Labute approximate surface area is 129 Å². The van der Waals surface area contributed by atoms with Crippen molar-refractivity contribution in [2.45, 2.75) is 37.5 Å². The molecule has 1 saturated heterocycles. The zero-order chi connectivity index (χ0) is 14.6. The molecule has 2 heterocycles. The molecule has 0 aromatic carbocycles. The van der Waals surface area contributed by atoms with Crippen LogP contribution in [0.1, 0.15) is 29.5 Å². The molecule has 0 spiro atoms. The van der Waals surface area contributed by atoms with E-state index < -0.39 is 0 Å². The van der Waals surface area contributed by atoms with Crippen LogP contribution in [0, 0.1) is 0 Å². The van der Waals surface area contributed by atoms with E-state index in [9.17, 15) is 0 Å². The number of nitrogens with zero attached hydrogens (tertiary/aromatic N) is 2. The molecule has 0 amide bonds. The predicted molar refractivity (Wildman–Crippen MR) is 87.9 cm³/mol. The van der Waals surface area contributed by atoms with E-state index in [1.807, 2.05) is 17.6 Å². The lowest BCUT2D eigenvalue weighted by Crippen LogP contribution is -2.49. The Morgan fingerprint density at radius 3 is 2.60 bits per heavy atom. The van der Waals surface area contributed by atoms with E-state index in [0.29, 0.717) is 5.84 Å². The van der Waals surface area contributed by atoms with Gasteiger partial charge in [-0.15, -0.1) is 11.3 Å². The zero-order valence-electron chi connectivity index (χ0n) is 12.1. The number of oxime groups is 1. The summed E-state index contributed by atoms with van der Waals surface area (Å²) in [5, 5.41) is 12.2. The van der Waals surface area contributed by atoms with Gasteiger partial charge in [-0.25, -0.2) is 0 Å². The van der Waals surface area contributed by atoms with Crippen LogP contribution >= 0.6 is 23.1 Å². The van der Waals surface area contributed by atoms with Gasteiger partial charge in [-0.1, -0.05) is 12.1 Å². The monoisotopic (exact) mass is 313 g/mol. The molecule has 3 N–H and O–H groups in total. The van der Waals surface area contributed by atoms with Gasteiger partial charge in [0.15, 0.2) is 5.84 Å². The predicted octanol–water partition coefficient (Wildman–Crippen LogP) is 2.75. The van der Waals surface area contributed by atoms with Crippen molar-refractivity contribution < 1.29 is 5.21 Å². The summed E-state index contributed by atoms with van der Waals surface area (Å²) >= 11 is 3.61. The van der Waals surface area contributed by atoms with Crippen molar-refractivity contribution in [1.29, 1.82) is 0 Å². The van der Waals surface area contributed by atoms with Crippen LogP contribution in [0.4, 0.5) is 0 Å². The highest BCUT2D eigenvalue weighted by Gasteiger charge is 2.38. The summed E-state index contributed by atoms with van der Waals surface area (Å²) in [7, 11) is 0. The highest BCUT2D eigenvalue weighted by molar-refractivity contribution is 8.00. The SMILES string of the molecule is CCc1ccc(CN2CCC(SC)(C(N)=NO)CC2)s1. The van der Waals surface area contributed by atoms with Gasteiger partial charge >= 0.3 is 0 Å². The van der Waals surface area contributed by atoms with Gasteiger partial charge in [-0.2, -0.15) is 11.8 Å². The number of aryl methyl sites for hydroxylation is 1. The molecule has 0 radical (unpaired) electrons. The third-order valence-electron chi connectivity index (χ3n) is 4.07. The van der Waals surface area contributed by atoms with Crippen molar-refractivity contribution in [2.24, 2.45) is 10.9 Å². The quantitative estimate of drug-likeness (QED) is 0.380. The molecule has 1 fully saturated rings. The summed E-state index contributed by atoms with van der Waals surface area (Å²) in [6.45, 7) is 5.21. The minimum absolute atomic E-state index is 0.185. The number of thiophene rings is 1. The molecule has 0 atom stereocenters. The Morgan fingerprint density at radius 1 is 1.45 bits per heavy atom. The Hall–Kier alpha value is -0.720. The molecule has 6 heteroatoms. The Kier molecular flexibility index (Phi) is 5.35. The van der Waals surface area contributed by atoms with Gasteiger partial charge in [0.2, 0.25) is 0 Å². The number of thioether (sulfide) groups is 1. The van der Waals surface area contributed by atoms with Crippen LogP contribution < -0.4 is 5.73 Å². The summed E-state index contributed by atoms with van der Waals surface area (Å²) in [6, 6.07) is 4.47. The topological polar surface area (TPSA) is 61.8 Å². The van der Waals surface area contributed by atoms with Crippen LogP contribution in [0.2, 0.25) is 0 Å². The lowest BCUT2D eigenvalue weighted by Gasteiger charge is -2.39. The second-order valence-corrected chi connectivity index (χ2v) is 7.62. The van der Waals surface area contributed by atoms with Gasteiger partial charge < -0.3 is 10.9 Å². The number of hydrogen-bond acceptors (Lipinski definition) is 5. The second kappa shape index (κ2) is 6.83. The zero-order valence-corrected chi connectivity index (χ0v) is 13.8. The molecular weight excluding hydrogens is 290 g/mol. The van der Waals surface area contributed by atoms with E-state index in [1.54, 1.807) is 11.8 Å². The van der Waals surface area contributed by atoms with Crippen molar-refractivity contribution in [1.82, 2.24) is 4.90 Å². The van der Waals surface area contributed by atoms with Crippen LogP contribution in [0.5, 0.6) is 0 Å². The lowest BCUT2D eigenvalue weighted by molar-refractivity contribution is 0.211. The first-order valence-corrected chi connectivity index (χ1v) is 9.00. The Bertz CT molecular complexity index is 465. The number of likely N-dealkylation sites (tertiary alicyclic amines) is 1. The maximum Gasteiger partial charge on any atom is 0.155 e. The summed E-state index contributed by atoms with van der Waals surface area (Å²) in [5.41, 5.74) is 5.88. The molecular formula is C14H23N3OS2. The summed E-state index contributed by atoms with van der Waals surface area (Å²) < 4.78 is -0.185. The first-order valence-electron chi connectivity index (χ1n) is 6.96. The maximum absolute atomic E-state index is 8.95. The van der Waals surface area contributed by atoms with Gasteiger partial charge in [0.05, 0.1) is 4.75 Å². The van der Waals surface area contributed by atoms with Crippen molar-refractivity contribution >= 4 is 28.9 Å². The number of nitrogens with two attached hydrogens (primary N) is 1. The fourth-order valence-corrected chi connectivity index (χ4v) is 4.49. The molecule has 1 aromatic heterocycles. The van der Waals surface area contributed by atoms with Gasteiger partial charge in [0, 0.05) is 29.4 Å². The van der Waals surface area contributed by atoms with E-state index in [0.717, 1.165) is 38.9 Å². The molecule has 4 nitrogen and oxygen atoms in total. The third-order valence-corrected chi connectivity index (χ3v) is 6.69. The minimum atomic E-state index is -0.185. The molecule has 2 rings (SSSR count). The standard InChI is InChI=1S/C14H23N3OS2/c1-3-11-4-5-12(20-11)10-17-8-6-14(19-2,7-9-17)13(15)16-18/h4-5,18H,3,6-10H2,1-2H3,(H2,15,16). The first-order chi connectivity index (χ1) is 9.63. The number of hydrogen-bond donors (Lipinski definition) is 2. The van der Waals surface area contributed by atoms with Crippen LogP contribution in [-0.4, -0.2) is 40.0 Å². The average Bonchev–Trinajstić information content (AvgIpc) is 2.95. The van der Waals surface area contributed by atoms with Crippen LogP contribution in [0.15, 0.2) is 17.3 Å². The molecule has 1 aliphatic rings. The van der Waals surface area contributed by atoms with Crippen molar-refractivity contribution in [3.05, 3.63) is 21.9 Å². The molecule has 0 saturated carbocycles. The maximum atomic E-state index is 8.95. The van der Waals surface area contributed by atoms with Crippen LogP contribution in [0.25, 0.3) is 0 Å². The van der Waals surface area contributed by atoms with Gasteiger partial charge in [0.1, 0.15) is 0 Å². The van der Waals surface area contributed by atoms with Gasteiger partial charge in [-0.05, 0) is 37.7 Å². The molecule has 0 bridgehead atoms. The summed E-state index contributed by atoms with van der Waals surface area (Å²) in [4.78, 5) is 5.35. The van der Waals surface area contributed by atoms with E-state index in [1.165, 1.54) is 9.75 Å². The molecule has 20 heavy (non-hydrogen) atoms. The van der Waals surface area contributed by atoms with Gasteiger partial charge in [0.25, 0.3) is 0 Å². The molecule has 112 valence electrons. The second-order valence-electron chi connectivity index (χ2n) is 5.18. The lowest BCUT2D eigenvalue weighted by atomic mass is 9.94. The largest absolute Gasteiger partial charge is 0.409 e.